The number of carbonyl (C=O) groups is 2. The second-order valence-electron chi connectivity index (χ2n) is 6.58. The maximum absolute atomic E-state index is 12.2. The molecular formula is C18H25N3O3. The minimum absolute atomic E-state index is 0.0255. The lowest BCUT2D eigenvalue weighted by Gasteiger charge is -2.14. The molecule has 24 heavy (non-hydrogen) atoms. The van der Waals surface area contributed by atoms with E-state index in [-0.39, 0.29) is 17.9 Å². The lowest BCUT2D eigenvalue weighted by Crippen LogP contribution is -2.32. The van der Waals surface area contributed by atoms with Crippen molar-refractivity contribution in [1.29, 1.82) is 0 Å². The third-order valence-electron chi connectivity index (χ3n) is 4.77. The molecule has 1 aliphatic carbocycles. The first-order valence-corrected chi connectivity index (χ1v) is 8.73. The van der Waals surface area contributed by atoms with E-state index in [0.29, 0.717) is 30.3 Å². The molecule has 1 saturated carbocycles. The van der Waals surface area contributed by atoms with Crippen LogP contribution in [0.25, 0.3) is 0 Å². The smallest absolute Gasteiger partial charge is 0.253 e. The Hall–Kier alpha value is -1.92. The third-order valence-corrected chi connectivity index (χ3v) is 4.77. The van der Waals surface area contributed by atoms with E-state index in [1.807, 2.05) is 0 Å². The van der Waals surface area contributed by atoms with Crippen molar-refractivity contribution in [1.82, 2.24) is 5.32 Å². The maximum atomic E-state index is 12.2. The van der Waals surface area contributed by atoms with Gasteiger partial charge in [0.05, 0.1) is 6.10 Å². The fourth-order valence-electron chi connectivity index (χ4n) is 3.34. The molecule has 6 nitrogen and oxygen atoms in total. The Kier molecular flexibility index (Phi) is 5.48. The second-order valence-corrected chi connectivity index (χ2v) is 6.58. The van der Waals surface area contributed by atoms with E-state index >= 15 is 0 Å². The van der Waals surface area contributed by atoms with Gasteiger partial charge in [-0.05, 0) is 49.9 Å². The molecule has 2 aliphatic rings. The summed E-state index contributed by atoms with van der Waals surface area (Å²) < 4.78 is 5.58. The molecule has 2 fully saturated rings. The van der Waals surface area contributed by atoms with Crippen LogP contribution in [-0.4, -0.2) is 36.6 Å². The summed E-state index contributed by atoms with van der Waals surface area (Å²) in [6, 6.07) is 7.26. The second kappa shape index (κ2) is 7.77. The van der Waals surface area contributed by atoms with Gasteiger partial charge in [-0.25, -0.2) is 0 Å². The molecule has 6 heteroatoms. The molecule has 1 heterocycles. The highest BCUT2D eigenvalue weighted by Gasteiger charge is 2.29. The number of rotatable bonds is 5. The van der Waals surface area contributed by atoms with Crippen LogP contribution in [0.1, 0.15) is 48.9 Å². The Morgan fingerprint density at radius 3 is 2.42 bits per heavy atom. The first-order chi connectivity index (χ1) is 11.7. The summed E-state index contributed by atoms with van der Waals surface area (Å²) in [5.74, 6) is -0.209. The summed E-state index contributed by atoms with van der Waals surface area (Å²) >= 11 is 0. The Bertz CT molecular complexity index is 582. The SMILES string of the molecule is NC[C@H]1CC[C@@H](C(=O)Nc2ccc(C(=O)NC3CCCC3)cc2)O1. The highest BCUT2D eigenvalue weighted by Crippen LogP contribution is 2.21. The lowest BCUT2D eigenvalue weighted by molar-refractivity contribution is -0.126. The van der Waals surface area contributed by atoms with Crippen LogP contribution in [0, 0.1) is 0 Å². The van der Waals surface area contributed by atoms with Gasteiger partial charge in [0, 0.05) is 23.8 Å². The van der Waals surface area contributed by atoms with E-state index in [4.69, 9.17) is 10.5 Å². The number of hydrogen-bond donors (Lipinski definition) is 3. The quantitative estimate of drug-likeness (QED) is 0.767. The van der Waals surface area contributed by atoms with E-state index in [9.17, 15) is 9.59 Å². The van der Waals surface area contributed by atoms with Crippen molar-refractivity contribution in [3.8, 4) is 0 Å². The summed E-state index contributed by atoms with van der Waals surface area (Å²) in [6.45, 7) is 0.439. The molecule has 3 rings (SSSR count). The molecule has 4 N–H and O–H groups in total. The van der Waals surface area contributed by atoms with Crippen LogP contribution in [0.15, 0.2) is 24.3 Å². The average molecular weight is 331 g/mol. The standard InChI is InChI=1S/C18H25N3O3/c19-11-15-9-10-16(24-15)18(23)21-14-7-5-12(6-8-14)17(22)20-13-3-1-2-4-13/h5-8,13,15-16H,1-4,9-11,19H2,(H,20,22)(H,21,23)/t15-,16+/m1/s1. The van der Waals surface area contributed by atoms with Crippen LogP contribution in [-0.2, 0) is 9.53 Å². The molecule has 0 aromatic heterocycles. The third kappa shape index (κ3) is 4.13. The highest BCUT2D eigenvalue weighted by molar-refractivity contribution is 5.97. The molecular weight excluding hydrogens is 306 g/mol. The molecule has 1 aromatic carbocycles. The van der Waals surface area contributed by atoms with Gasteiger partial charge in [0.2, 0.25) is 0 Å². The molecule has 2 amide bonds. The number of anilines is 1. The number of carbonyl (C=O) groups excluding carboxylic acids is 2. The van der Waals surface area contributed by atoms with Crippen molar-refractivity contribution >= 4 is 17.5 Å². The van der Waals surface area contributed by atoms with Gasteiger partial charge in [-0.2, -0.15) is 0 Å². The predicted molar refractivity (Wildman–Crippen MR) is 91.7 cm³/mol. The Labute approximate surface area is 142 Å². The summed E-state index contributed by atoms with van der Waals surface area (Å²) in [5, 5.41) is 5.88. The van der Waals surface area contributed by atoms with Gasteiger partial charge < -0.3 is 21.1 Å². The zero-order valence-electron chi connectivity index (χ0n) is 13.8. The highest BCUT2D eigenvalue weighted by atomic mass is 16.5. The van der Waals surface area contributed by atoms with Crippen molar-refractivity contribution < 1.29 is 14.3 Å². The number of benzene rings is 1. The lowest BCUT2D eigenvalue weighted by atomic mass is 10.1. The summed E-state index contributed by atoms with van der Waals surface area (Å²) in [7, 11) is 0. The molecule has 0 spiro atoms. The molecule has 1 saturated heterocycles. The Balaban J connectivity index is 1.52. The van der Waals surface area contributed by atoms with E-state index in [2.05, 4.69) is 10.6 Å². The summed E-state index contributed by atoms with van der Waals surface area (Å²) in [6.07, 6.45) is 5.53. The van der Waals surface area contributed by atoms with E-state index in [1.165, 1.54) is 12.8 Å². The van der Waals surface area contributed by atoms with E-state index in [0.717, 1.165) is 19.3 Å². The van der Waals surface area contributed by atoms with Gasteiger partial charge in [0.1, 0.15) is 6.10 Å². The van der Waals surface area contributed by atoms with Crippen molar-refractivity contribution in [3.05, 3.63) is 29.8 Å². The van der Waals surface area contributed by atoms with Gasteiger partial charge >= 0.3 is 0 Å². The zero-order valence-corrected chi connectivity index (χ0v) is 13.8. The van der Waals surface area contributed by atoms with Gasteiger partial charge in [-0.1, -0.05) is 12.8 Å². The van der Waals surface area contributed by atoms with Gasteiger partial charge in [0.15, 0.2) is 0 Å². The summed E-state index contributed by atoms with van der Waals surface area (Å²) in [5.41, 5.74) is 6.83. The Morgan fingerprint density at radius 2 is 1.79 bits per heavy atom. The molecule has 0 bridgehead atoms. The maximum Gasteiger partial charge on any atom is 0.253 e. The topological polar surface area (TPSA) is 93.5 Å². The molecule has 1 aromatic rings. The number of nitrogens with one attached hydrogen (secondary N) is 2. The molecule has 0 unspecified atom stereocenters. The van der Waals surface area contributed by atoms with Crippen molar-refractivity contribution in [2.24, 2.45) is 5.73 Å². The van der Waals surface area contributed by atoms with Crippen molar-refractivity contribution in [2.75, 3.05) is 11.9 Å². The van der Waals surface area contributed by atoms with Gasteiger partial charge in [-0.3, -0.25) is 9.59 Å². The zero-order chi connectivity index (χ0) is 16.9. The molecule has 130 valence electrons. The predicted octanol–water partition coefficient (Wildman–Crippen LogP) is 1.80. The van der Waals surface area contributed by atoms with Crippen LogP contribution >= 0.6 is 0 Å². The minimum Gasteiger partial charge on any atom is -0.364 e. The van der Waals surface area contributed by atoms with Gasteiger partial charge in [-0.15, -0.1) is 0 Å². The number of amides is 2. The minimum atomic E-state index is -0.441. The van der Waals surface area contributed by atoms with Crippen LogP contribution < -0.4 is 16.4 Å². The fourth-order valence-corrected chi connectivity index (χ4v) is 3.34. The number of ether oxygens (including phenoxy) is 1. The molecule has 1 aliphatic heterocycles. The van der Waals surface area contributed by atoms with Crippen molar-refractivity contribution in [3.63, 3.8) is 0 Å². The van der Waals surface area contributed by atoms with Crippen LogP contribution in [0.5, 0.6) is 0 Å². The van der Waals surface area contributed by atoms with E-state index in [1.54, 1.807) is 24.3 Å². The monoisotopic (exact) mass is 331 g/mol. The molecule has 2 atom stereocenters. The number of nitrogens with two attached hydrogens (primary N) is 1. The first-order valence-electron chi connectivity index (χ1n) is 8.73. The summed E-state index contributed by atoms with van der Waals surface area (Å²) in [4.78, 5) is 24.4. The van der Waals surface area contributed by atoms with Crippen LogP contribution in [0.2, 0.25) is 0 Å². The molecule has 0 radical (unpaired) electrons. The average Bonchev–Trinajstić information content (AvgIpc) is 3.26. The largest absolute Gasteiger partial charge is 0.364 e. The first kappa shape index (κ1) is 16.9. The fraction of sp³-hybridized carbons (Fsp3) is 0.556. The number of hydrogen-bond acceptors (Lipinski definition) is 4. The van der Waals surface area contributed by atoms with Crippen LogP contribution in [0.4, 0.5) is 5.69 Å². The van der Waals surface area contributed by atoms with E-state index < -0.39 is 6.10 Å². The van der Waals surface area contributed by atoms with Gasteiger partial charge in [0.25, 0.3) is 11.8 Å². The Morgan fingerprint density at radius 1 is 1.08 bits per heavy atom. The van der Waals surface area contributed by atoms with Crippen LogP contribution in [0.3, 0.4) is 0 Å². The normalized spacial score (nSPS) is 24.0. The van der Waals surface area contributed by atoms with Crippen molar-refractivity contribution in [2.45, 2.75) is 56.8 Å².